The topological polar surface area (TPSA) is 98.8 Å². The minimum atomic E-state index is -0.923. The van der Waals surface area contributed by atoms with E-state index in [1.54, 1.807) is 12.1 Å². The number of rotatable bonds is 2. The lowest BCUT2D eigenvalue weighted by molar-refractivity contribution is -0.136. The maximum Gasteiger partial charge on any atom is 0.262 e. The average molecular weight is 342 g/mol. The molecule has 8 heteroatoms. The SMILES string of the molecule is O=C1CC[C@H](N2C(=O)c3ccc(N4CCNCC4)cc3C2=O)C(=O)N1. The molecule has 1 atom stereocenters. The number of piperidine rings is 1. The van der Waals surface area contributed by atoms with Crippen molar-refractivity contribution in [3.8, 4) is 0 Å². The first-order valence-corrected chi connectivity index (χ1v) is 8.37. The molecule has 1 aromatic carbocycles. The molecule has 0 aliphatic carbocycles. The molecule has 4 rings (SSSR count). The third kappa shape index (κ3) is 2.58. The largest absolute Gasteiger partial charge is 0.369 e. The maximum atomic E-state index is 12.8. The summed E-state index contributed by atoms with van der Waals surface area (Å²) in [4.78, 5) is 51.9. The van der Waals surface area contributed by atoms with Gasteiger partial charge in [-0.1, -0.05) is 0 Å². The van der Waals surface area contributed by atoms with Crippen LogP contribution in [-0.4, -0.2) is 60.7 Å². The minimum absolute atomic E-state index is 0.121. The number of hydrogen-bond donors (Lipinski definition) is 2. The molecular formula is C17H18N4O4. The highest BCUT2D eigenvalue weighted by Crippen LogP contribution is 2.30. The van der Waals surface area contributed by atoms with E-state index in [-0.39, 0.29) is 18.7 Å². The van der Waals surface area contributed by atoms with Gasteiger partial charge in [-0.25, -0.2) is 0 Å². The van der Waals surface area contributed by atoms with E-state index in [9.17, 15) is 19.2 Å². The first-order valence-electron chi connectivity index (χ1n) is 8.37. The van der Waals surface area contributed by atoms with Crippen LogP contribution in [0.3, 0.4) is 0 Å². The Morgan fingerprint density at radius 1 is 0.960 bits per heavy atom. The first-order chi connectivity index (χ1) is 12.1. The van der Waals surface area contributed by atoms with Crippen molar-refractivity contribution in [2.75, 3.05) is 31.1 Å². The second kappa shape index (κ2) is 5.96. The number of nitrogens with zero attached hydrogens (tertiary/aromatic N) is 2. The van der Waals surface area contributed by atoms with E-state index >= 15 is 0 Å². The summed E-state index contributed by atoms with van der Waals surface area (Å²) in [5, 5.41) is 5.47. The van der Waals surface area contributed by atoms with Crippen molar-refractivity contribution in [1.29, 1.82) is 0 Å². The molecule has 2 N–H and O–H groups in total. The predicted molar refractivity (Wildman–Crippen MR) is 88.2 cm³/mol. The first kappa shape index (κ1) is 15.8. The van der Waals surface area contributed by atoms with Crippen LogP contribution in [0.2, 0.25) is 0 Å². The van der Waals surface area contributed by atoms with Gasteiger partial charge in [-0.15, -0.1) is 0 Å². The van der Waals surface area contributed by atoms with Crippen LogP contribution < -0.4 is 15.5 Å². The number of amides is 4. The number of carbonyl (C=O) groups is 4. The van der Waals surface area contributed by atoms with E-state index in [2.05, 4.69) is 15.5 Å². The third-order valence-corrected chi connectivity index (χ3v) is 4.91. The molecular weight excluding hydrogens is 324 g/mol. The molecule has 25 heavy (non-hydrogen) atoms. The van der Waals surface area contributed by atoms with E-state index in [1.165, 1.54) is 0 Å². The van der Waals surface area contributed by atoms with Crippen molar-refractivity contribution in [2.24, 2.45) is 0 Å². The Bertz CT molecular complexity index is 785. The normalized spacial score (nSPS) is 23.8. The standard InChI is InChI=1S/C17H18N4O4/c22-14-4-3-13(15(23)19-14)21-16(24)11-2-1-10(9-12(11)17(21)25)20-7-5-18-6-8-20/h1-2,9,13,18H,3-8H2,(H,19,22,23)/t13-/m0/s1. The number of nitrogens with one attached hydrogen (secondary N) is 2. The van der Waals surface area contributed by atoms with Gasteiger partial charge in [0.2, 0.25) is 11.8 Å². The highest BCUT2D eigenvalue weighted by molar-refractivity contribution is 6.23. The van der Waals surface area contributed by atoms with E-state index in [4.69, 9.17) is 0 Å². The smallest absolute Gasteiger partial charge is 0.262 e. The molecule has 8 nitrogen and oxygen atoms in total. The molecule has 3 heterocycles. The molecule has 3 aliphatic rings. The summed E-state index contributed by atoms with van der Waals surface area (Å²) in [6.07, 6.45) is 0.288. The lowest BCUT2D eigenvalue weighted by Crippen LogP contribution is -2.54. The van der Waals surface area contributed by atoms with Gasteiger partial charge in [0, 0.05) is 38.3 Å². The van der Waals surface area contributed by atoms with Crippen LogP contribution in [0.25, 0.3) is 0 Å². The molecule has 2 saturated heterocycles. The fraction of sp³-hybridized carbons (Fsp3) is 0.412. The van der Waals surface area contributed by atoms with Gasteiger partial charge in [0.15, 0.2) is 0 Å². The fourth-order valence-electron chi connectivity index (χ4n) is 3.58. The Morgan fingerprint density at radius 3 is 2.40 bits per heavy atom. The van der Waals surface area contributed by atoms with E-state index in [0.717, 1.165) is 36.8 Å². The molecule has 0 spiro atoms. The molecule has 0 saturated carbocycles. The average Bonchev–Trinajstić information content (AvgIpc) is 2.87. The number of fused-ring (bicyclic) bond motifs is 1. The lowest BCUT2D eigenvalue weighted by atomic mass is 10.0. The van der Waals surface area contributed by atoms with Crippen molar-refractivity contribution < 1.29 is 19.2 Å². The zero-order chi connectivity index (χ0) is 17.6. The Hall–Kier alpha value is -2.74. The van der Waals surface area contributed by atoms with Gasteiger partial charge in [-0.2, -0.15) is 0 Å². The van der Waals surface area contributed by atoms with Crippen LogP contribution in [0.5, 0.6) is 0 Å². The predicted octanol–water partition coefficient (Wildman–Crippen LogP) is -0.503. The second-order valence-corrected chi connectivity index (χ2v) is 6.41. The third-order valence-electron chi connectivity index (χ3n) is 4.91. The van der Waals surface area contributed by atoms with Gasteiger partial charge in [0.25, 0.3) is 11.8 Å². The Balaban J connectivity index is 1.63. The van der Waals surface area contributed by atoms with Crippen LogP contribution in [0.1, 0.15) is 33.6 Å². The summed E-state index contributed by atoms with van der Waals surface area (Å²) in [5.41, 5.74) is 1.53. The van der Waals surface area contributed by atoms with E-state index in [1.807, 2.05) is 6.07 Å². The van der Waals surface area contributed by atoms with Crippen molar-refractivity contribution in [1.82, 2.24) is 15.5 Å². The van der Waals surface area contributed by atoms with Gasteiger partial charge in [0.1, 0.15) is 6.04 Å². The zero-order valence-electron chi connectivity index (χ0n) is 13.6. The monoisotopic (exact) mass is 342 g/mol. The Labute approximate surface area is 144 Å². The number of anilines is 1. The van der Waals surface area contributed by atoms with Crippen molar-refractivity contribution in [3.05, 3.63) is 29.3 Å². The van der Waals surface area contributed by atoms with Gasteiger partial charge in [-0.3, -0.25) is 29.4 Å². The van der Waals surface area contributed by atoms with Crippen LogP contribution in [0, 0.1) is 0 Å². The molecule has 0 radical (unpaired) electrons. The maximum absolute atomic E-state index is 12.8. The zero-order valence-corrected chi connectivity index (χ0v) is 13.6. The van der Waals surface area contributed by atoms with Gasteiger partial charge in [0.05, 0.1) is 11.1 Å². The summed E-state index contributed by atoms with van der Waals surface area (Å²) in [7, 11) is 0. The molecule has 130 valence electrons. The molecule has 3 aliphatic heterocycles. The van der Waals surface area contributed by atoms with E-state index < -0.39 is 23.8 Å². The highest BCUT2D eigenvalue weighted by atomic mass is 16.2. The van der Waals surface area contributed by atoms with Crippen LogP contribution in [0.15, 0.2) is 18.2 Å². The fourth-order valence-corrected chi connectivity index (χ4v) is 3.58. The number of piperazine rings is 1. The van der Waals surface area contributed by atoms with Gasteiger partial charge < -0.3 is 10.2 Å². The van der Waals surface area contributed by atoms with Gasteiger partial charge >= 0.3 is 0 Å². The summed E-state index contributed by atoms with van der Waals surface area (Å²) in [5.74, 6) is -1.90. The molecule has 4 amide bonds. The number of hydrogen-bond acceptors (Lipinski definition) is 6. The molecule has 2 fully saturated rings. The summed E-state index contributed by atoms with van der Waals surface area (Å²) < 4.78 is 0. The molecule has 0 unspecified atom stereocenters. The number of benzene rings is 1. The molecule has 1 aromatic rings. The summed E-state index contributed by atoms with van der Waals surface area (Å²) in [6.45, 7) is 3.40. The Morgan fingerprint density at radius 2 is 1.68 bits per heavy atom. The van der Waals surface area contributed by atoms with Crippen molar-refractivity contribution in [3.63, 3.8) is 0 Å². The highest BCUT2D eigenvalue weighted by Gasteiger charge is 2.44. The molecule has 0 aromatic heterocycles. The van der Waals surface area contributed by atoms with Crippen molar-refractivity contribution >= 4 is 29.3 Å². The number of imide groups is 2. The molecule has 0 bridgehead atoms. The van der Waals surface area contributed by atoms with E-state index in [0.29, 0.717) is 11.1 Å². The van der Waals surface area contributed by atoms with Crippen LogP contribution >= 0.6 is 0 Å². The number of carbonyl (C=O) groups excluding carboxylic acids is 4. The summed E-state index contributed by atoms with van der Waals surface area (Å²) >= 11 is 0. The Kier molecular flexibility index (Phi) is 3.76. The second-order valence-electron chi connectivity index (χ2n) is 6.41. The lowest BCUT2D eigenvalue weighted by Gasteiger charge is -2.29. The van der Waals surface area contributed by atoms with Crippen molar-refractivity contribution in [2.45, 2.75) is 18.9 Å². The minimum Gasteiger partial charge on any atom is -0.369 e. The van der Waals surface area contributed by atoms with Gasteiger partial charge in [-0.05, 0) is 24.6 Å². The van der Waals surface area contributed by atoms with Crippen LogP contribution in [-0.2, 0) is 9.59 Å². The van der Waals surface area contributed by atoms with Crippen LogP contribution in [0.4, 0.5) is 5.69 Å². The quantitative estimate of drug-likeness (QED) is 0.703. The summed E-state index contributed by atoms with van der Waals surface area (Å²) in [6, 6.07) is 4.29.